The zero-order chi connectivity index (χ0) is 13.3. The Kier molecular flexibility index (Phi) is 3.14. The second kappa shape index (κ2) is 4.46. The van der Waals surface area contributed by atoms with Crippen LogP contribution in [0.5, 0.6) is 0 Å². The van der Waals surface area contributed by atoms with Gasteiger partial charge in [-0.25, -0.2) is 26.6 Å². The Morgan fingerprint density at radius 2 is 1.94 bits per heavy atom. The minimum absolute atomic E-state index is 0.118. The standard InChI is InChI=1S/C10H9F2N3O2S/c1-13-18(16,17)10-4-5-14-15(10)7-2-3-8(11)9(12)6-7/h2-6,13H,1H3. The average molecular weight is 273 g/mol. The number of nitrogens with zero attached hydrogens (tertiary/aromatic N) is 2. The SMILES string of the molecule is CNS(=O)(=O)c1ccnn1-c1ccc(F)c(F)c1. The Morgan fingerprint density at radius 3 is 2.56 bits per heavy atom. The first-order valence-electron chi connectivity index (χ1n) is 4.89. The summed E-state index contributed by atoms with van der Waals surface area (Å²) >= 11 is 0. The highest BCUT2D eigenvalue weighted by atomic mass is 32.2. The normalized spacial score (nSPS) is 11.7. The lowest BCUT2D eigenvalue weighted by atomic mass is 10.3. The maximum Gasteiger partial charge on any atom is 0.257 e. The van der Waals surface area contributed by atoms with E-state index in [0.29, 0.717) is 0 Å². The summed E-state index contributed by atoms with van der Waals surface area (Å²) in [7, 11) is -2.47. The van der Waals surface area contributed by atoms with E-state index < -0.39 is 21.7 Å². The maximum absolute atomic E-state index is 13.1. The van der Waals surface area contributed by atoms with Crippen LogP contribution in [0.15, 0.2) is 35.5 Å². The predicted octanol–water partition coefficient (Wildman–Crippen LogP) is 1.06. The van der Waals surface area contributed by atoms with Crippen molar-refractivity contribution in [2.24, 2.45) is 0 Å². The minimum Gasteiger partial charge on any atom is -0.221 e. The molecular formula is C10H9F2N3O2S. The number of sulfonamides is 1. The van der Waals surface area contributed by atoms with E-state index in [9.17, 15) is 17.2 Å². The van der Waals surface area contributed by atoms with Crippen molar-refractivity contribution in [2.75, 3.05) is 7.05 Å². The monoisotopic (exact) mass is 273 g/mol. The molecule has 0 radical (unpaired) electrons. The van der Waals surface area contributed by atoms with Crippen LogP contribution in [0.4, 0.5) is 8.78 Å². The Morgan fingerprint density at radius 1 is 1.22 bits per heavy atom. The summed E-state index contributed by atoms with van der Waals surface area (Å²) in [5, 5.41) is 3.62. The molecule has 18 heavy (non-hydrogen) atoms. The van der Waals surface area contributed by atoms with Crippen molar-refractivity contribution in [2.45, 2.75) is 5.03 Å². The van der Waals surface area contributed by atoms with Crippen LogP contribution in [-0.2, 0) is 10.0 Å². The molecule has 0 bridgehead atoms. The molecule has 0 aliphatic carbocycles. The number of halogens is 2. The van der Waals surface area contributed by atoms with Gasteiger partial charge in [-0.15, -0.1) is 0 Å². The first kappa shape index (κ1) is 12.7. The molecule has 2 aromatic rings. The predicted molar refractivity (Wildman–Crippen MR) is 59.7 cm³/mol. The molecule has 0 atom stereocenters. The Labute approximate surface area is 102 Å². The second-order valence-electron chi connectivity index (χ2n) is 3.39. The molecule has 0 spiro atoms. The Bertz CT molecular complexity index is 682. The Balaban J connectivity index is 2.59. The smallest absolute Gasteiger partial charge is 0.221 e. The number of rotatable bonds is 3. The molecule has 8 heteroatoms. The van der Waals surface area contributed by atoms with E-state index in [1.54, 1.807) is 0 Å². The van der Waals surface area contributed by atoms with Crippen LogP contribution in [0.3, 0.4) is 0 Å². The third kappa shape index (κ3) is 2.12. The van der Waals surface area contributed by atoms with E-state index >= 15 is 0 Å². The van der Waals surface area contributed by atoms with Crippen molar-refractivity contribution in [3.63, 3.8) is 0 Å². The molecule has 1 aromatic heterocycles. The first-order valence-corrected chi connectivity index (χ1v) is 6.37. The van der Waals surface area contributed by atoms with E-state index in [4.69, 9.17) is 0 Å². The van der Waals surface area contributed by atoms with Crippen molar-refractivity contribution < 1.29 is 17.2 Å². The third-order valence-corrected chi connectivity index (χ3v) is 3.70. The number of hydrogen-bond acceptors (Lipinski definition) is 3. The van der Waals surface area contributed by atoms with Crippen molar-refractivity contribution in [1.29, 1.82) is 0 Å². The van der Waals surface area contributed by atoms with Gasteiger partial charge in [-0.3, -0.25) is 0 Å². The van der Waals surface area contributed by atoms with Gasteiger partial charge in [0.15, 0.2) is 16.7 Å². The summed E-state index contributed by atoms with van der Waals surface area (Å²) in [6.07, 6.45) is 1.26. The lowest BCUT2D eigenvalue weighted by Gasteiger charge is -2.07. The zero-order valence-corrected chi connectivity index (χ0v) is 10.1. The fourth-order valence-corrected chi connectivity index (χ4v) is 2.24. The van der Waals surface area contributed by atoms with Gasteiger partial charge in [0.05, 0.1) is 11.9 Å². The van der Waals surface area contributed by atoms with Crippen molar-refractivity contribution in [3.05, 3.63) is 42.1 Å². The number of hydrogen-bond donors (Lipinski definition) is 1. The van der Waals surface area contributed by atoms with Gasteiger partial charge < -0.3 is 0 Å². The molecule has 0 aliphatic rings. The molecule has 1 N–H and O–H groups in total. The number of nitrogens with one attached hydrogen (secondary N) is 1. The second-order valence-corrected chi connectivity index (χ2v) is 5.22. The number of benzene rings is 1. The molecule has 0 saturated heterocycles. The van der Waals surface area contributed by atoms with Crippen molar-refractivity contribution >= 4 is 10.0 Å². The summed E-state index contributed by atoms with van der Waals surface area (Å²) < 4.78 is 52.4. The lowest BCUT2D eigenvalue weighted by molar-refractivity contribution is 0.506. The molecule has 1 aromatic carbocycles. The van der Waals surface area contributed by atoms with Gasteiger partial charge in [0.25, 0.3) is 10.0 Å². The maximum atomic E-state index is 13.1. The van der Waals surface area contributed by atoms with Gasteiger partial charge in [-0.05, 0) is 25.2 Å². The molecule has 0 amide bonds. The van der Waals surface area contributed by atoms with Crippen molar-refractivity contribution in [1.82, 2.24) is 14.5 Å². The van der Waals surface area contributed by atoms with Gasteiger partial charge in [0.2, 0.25) is 0 Å². The topological polar surface area (TPSA) is 64.0 Å². The summed E-state index contributed by atoms with van der Waals surface area (Å²) in [5.41, 5.74) is 0.118. The lowest BCUT2D eigenvalue weighted by Crippen LogP contribution is -2.22. The molecular weight excluding hydrogens is 264 g/mol. The summed E-state index contributed by atoms with van der Waals surface area (Å²) in [6, 6.07) is 4.27. The fraction of sp³-hybridized carbons (Fsp3) is 0.100. The van der Waals surface area contributed by atoms with Crippen LogP contribution >= 0.6 is 0 Å². The Hall–Kier alpha value is -1.80. The van der Waals surface area contributed by atoms with Crippen LogP contribution in [0.1, 0.15) is 0 Å². The molecule has 0 unspecified atom stereocenters. The van der Waals surface area contributed by atoms with Crippen molar-refractivity contribution in [3.8, 4) is 5.69 Å². The highest BCUT2D eigenvalue weighted by Crippen LogP contribution is 2.17. The van der Waals surface area contributed by atoms with Crippen LogP contribution < -0.4 is 4.72 Å². The third-order valence-electron chi connectivity index (χ3n) is 2.30. The fourth-order valence-electron chi connectivity index (χ4n) is 1.41. The van der Waals surface area contributed by atoms with E-state index in [-0.39, 0.29) is 10.7 Å². The summed E-state index contributed by atoms with van der Waals surface area (Å²) in [4.78, 5) is 0. The minimum atomic E-state index is -3.72. The molecule has 1 heterocycles. The van der Waals surface area contributed by atoms with Crippen LogP contribution in [0, 0.1) is 11.6 Å². The van der Waals surface area contributed by atoms with E-state index in [1.165, 1.54) is 25.4 Å². The quantitative estimate of drug-likeness (QED) is 0.909. The van der Waals surface area contributed by atoms with Gasteiger partial charge in [-0.2, -0.15) is 5.10 Å². The molecule has 0 saturated carbocycles. The largest absolute Gasteiger partial charge is 0.257 e. The average Bonchev–Trinajstić information content (AvgIpc) is 2.82. The van der Waals surface area contributed by atoms with E-state index in [2.05, 4.69) is 9.82 Å². The molecule has 96 valence electrons. The van der Waals surface area contributed by atoms with Gasteiger partial charge in [0.1, 0.15) is 0 Å². The van der Waals surface area contributed by atoms with Gasteiger partial charge in [-0.1, -0.05) is 0 Å². The van der Waals surface area contributed by atoms with Crippen LogP contribution in [-0.4, -0.2) is 25.2 Å². The van der Waals surface area contributed by atoms with Crippen LogP contribution in [0.2, 0.25) is 0 Å². The molecule has 0 aliphatic heterocycles. The van der Waals surface area contributed by atoms with E-state index in [1.807, 2.05) is 0 Å². The van der Waals surface area contributed by atoms with Gasteiger partial charge >= 0.3 is 0 Å². The summed E-state index contributed by atoms with van der Waals surface area (Å²) in [6.45, 7) is 0. The van der Waals surface area contributed by atoms with Gasteiger partial charge in [0, 0.05) is 6.07 Å². The van der Waals surface area contributed by atoms with E-state index in [0.717, 1.165) is 16.8 Å². The number of aromatic nitrogens is 2. The molecule has 0 fully saturated rings. The highest BCUT2D eigenvalue weighted by Gasteiger charge is 2.18. The first-order chi connectivity index (χ1) is 8.45. The highest BCUT2D eigenvalue weighted by molar-refractivity contribution is 7.89. The molecule has 2 rings (SSSR count). The molecule has 5 nitrogen and oxygen atoms in total. The summed E-state index contributed by atoms with van der Waals surface area (Å²) in [5.74, 6) is -2.08. The van der Waals surface area contributed by atoms with Crippen LogP contribution in [0.25, 0.3) is 5.69 Å². The zero-order valence-electron chi connectivity index (χ0n) is 9.26.